The summed E-state index contributed by atoms with van der Waals surface area (Å²) < 4.78 is 35.4. The predicted molar refractivity (Wildman–Crippen MR) is 98.1 cm³/mol. The minimum Gasteiger partial charge on any atom is -0.475 e. The normalized spacial score (nSPS) is 19.9. The molecule has 0 fully saturated rings. The van der Waals surface area contributed by atoms with Crippen molar-refractivity contribution in [1.29, 1.82) is 0 Å². The monoisotopic (exact) mass is 395 g/mol. The van der Waals surface area contributed by atoms with E-state index in [1.54, 1.807) is 36.4 Å². The molecule has 3 rings (SSSR count). The first-order valence-corrected chi connectivity index (χ1v) is 9.68. The number of hydrogen-bond donors (Lipinski definition) is 1. The van der Waals surface area contributed by atoms with Gasteiger partial charge in [0.25, 0.3) is 10.1 Å². The lowest BCUT2D eigenvalue weighted by molar-refractivity contribution is 0.110. The molecule has 1 atom stereocenters. The van der Waals surface area contributed by atoms with Crippen LogP contribution < -0.4 is 0 Å². The molecule has 0 spiro atoms. The minimum atomic E-state index is -3.96. The number of aryl methyl sites for hydroxylation is 1. The van der Waals surface area contributed by atoms with Crippen LogP contribution in [0.25, 0.3) is 0 Å². The number of hydrogen-bond acceptors (Lipinski definition) is 6. The molecule has 2 aromatic rings. The Morgan fingerprint density at radius 1 is 1.23 bits per heavy atom. The molecule has 0 aliphatic carbocycles. The molecule has 8 heteroatoms. The zero-order chi connectivity index (χ0) is 18.8. The molecule has 0 saturated carbocycles. The average Bonchev–Trinajstić information content (AvgIpc) is 3.06. The first kappa shape index (κ1) is 18.8. The molecule has 0 radical (unpaired) electrons. The molecule has 6 nitrogen and oxygen atoms in total. The first-order chi connectivity index (χ1) is 12.4. The van der Waals surface area contributed by atoms with E-state index in [2.05, 4.69) is 4.99 Å². The van der Waals surface area contributed by atoms with Gasteiger partial charge in [0, 0.05) is 0 Å². The Morgan fingerprint density at radius 2 is 1.92 bits per heavy atom. The van der Waals surface area contributed by atoms with Crippen LogP contribution in [-0.4, -0.2) is 44.8 Å². The number of ether oxygens (including phenoxy) is 1. The van der Waals surface area contributed by atoms with E-state index in [4.69, 9.17) is 20.5 Å². The summed E-state index contributed by atoms with van der Waals surface area (Å²) in [4.78, 5) is 4.40. The molecule has 1 aliphatic heterocycles. The quantitative estimate of drug-likeness (QED) is 0.760. The fourth-order valence-corrected chi connectivity index (χ4v) is 3.61. The van der Waals surface area contributed by atoms with Gasteiger partial charge in [-0.2, -0.15) is 8.42 Å². The van der Waals surface area contributed by atoms with E-state index >= 15 is 0 Å². The van der Waals surface area contributed by atoms with Crippen LogP contribution in [0.1, 0.15) is 11.1 Å². The lowest BCUT2D eigenvalue weighted by Crippen LogP contribution is -2.39. The summed E-state index contributed by atoms with van der Waals surface area (Å²) in [5, 5.41) is 10.2. The molecule has 0 saturated heterocycles. The van der Waals surface area contributed by atoms with Crippen molar-refractivity contribution in [2.45, 2.75) is 17.4 Å². The smallest absolute Gasteiger partial charge is 0.297 e. The van der Waals surface area contributed by atoms with Gasteiger partial charge in [0.15, 0.2) is 0 Å². The third kappa shape index (κ3) is 3.91. The molecule has 0 bridgehead atoms. The third-order valence-corrected chi connectivity index (χ3v) is 5.61. The van der Waals surface area contributed by atoms with Crippen molar-refractivity contribution in [2.24, 2.45) is 4.99 Å². The molecule has 26 heavy (non-hydrogen) atoms. The second-order valence-electron chi connectivity index (χ2n) is 6.10. The SMILES string of the molecule is Cc1ccc(S(=O)(=O)OCC2(CO)COC(c3ccccc3Cl)=N2)cc1. The number of aliphatic hydroxyl groups excluding tert-OH is 1. The summed E-state index contributed by atoms with van der Waals surface area (Å²) >= 11 is 6.13. The zero-order valence-corrected chi connectivity index (χ0v) is 15.6. The van der Waals surface area contributed by atoms with Crippen molar-refractivity contribution in [3.63, 3.8) is 0 Å². The minimum absolute atomic E-state index is 0.00647. The maximum absolute atomic E-state index is 12.3. The van der Waals surface area contributed by atoms with Crippen molar-refractivity contribution in [3.8, 4) is 0 Å². The van der Waals surface area contributed by atoms with Crippen LogP contribution in [0, 0.1) is 6.92 Å². The average molecular weight is 396 g/mol. The van der Waals surface area contributed by atoms with Crippen LogP contribution in [0.3, 0.4) is 0 Å². The van der Waals surface area contributed by atoms with Gasteiger partial charge in [0.1, 0.15) is 12.1 Å². The van der Waals surface area contributed by atoms with Gasteiger partial charge in [-0.3, -0.25) is 4.18 Å². The van der Waals surface area contributed by atoms with Crippen molar-refractivity contribution in [2.75, 3.05) is 19.8 Å². The van der Waals surface area contributed by atoms with Gasteiger partial charge in [-0.15, -0.1) is 0 Å². The molecule has 0 aromatic heterocycles. The van der Waals surface area contributed by atoms with E-state index in [9.17, 15) is 13.5 Å². The van der Waals surface area contributed by atoms with Crippen LogP contribution in [0.2, 0.25) is 5.02 Å². The summed E-state index contributed by atoms with van der Waals surface area (Å²) in [7, 11) is -3.96. The predicted octanol–water partition coefficient (Wildman–Crippen LogP) is 2.56. The van der Waals surface area contributed by atoms with Gasteiger partial charge in [-0.05, 0) is 31.2 Å². The van der Waals surface area contributed by atoms with Crippen LogP contribution in [0.4, 0.5) is 0 Å². The standard InChI is InChI=1S/C18H18ClNO5S/c1-13-6-8-14(9-7-13)26(22,23)25-12-18(10-21)11-24-17(20-18)15-4-2-3-5-16(15)19/h2-9,21H,10-12H2,1H3. The fourth-order valence-electron chi connectivity index (χ4n) is 2.42. The zero-order valence-electron chi connectivity index (χ0n) is 14.1. The van der Waals surface area contributed by atoms with Crippen molar-refractivity contribution >= 4 is 27.6 Å². The number of halogens is 1. The molecular weight excluding hydrogens is 378 g/mol. The second kappa shape index (κ2) is 7.36. The van der Waals surface area contributed by atoms with E-state index < -0.39 is 22.3 Å². The summed E-state index contributed by atoms with van der Waals surface area (Å²) in [6.07, 6.45) is 0. The topological polar surface area (TPSA) is 85.2 Å². The summed E-state index contributed by atoms with van der Waals surface area (Å²) in [6, 6.07) is 13.3. The first-order valence-electron chi connectivity index (χ1n) is 7.90. The second-order valence-corrected chi connectivity index (χ2v) is 8.12. The lowest BCUT2D eigenvalue weighted by Gasteiger charge is -2.20. The molecule has 1 unspecified atom stereocenters. The van der Waals surface area contributed by atoms with Gasteiger partial charge < -0.3 is 9.84 Å². The van der Waals surface area contributed by atoms with Gasteiger partial charge in [-0.1, -0.05) is 41.4 Å². The van der Waals surface area contributed by atoms with E-state index in [0.717, 1.165) is 5.56 Å². The highest BCUT2D eigenvalue weighted by molar-refractivity contribution is 7.86. The van der Waals surface area contributed by atoms with Crippen LogP contribution in [0.15, 0.2) is 58.4 Å². The van der Waals surface area contributed by atoms with Crippen LogP contribution >= 0.6 is 11.6 Å². The van der Waals surface area contributed by atoms with Crippen molar-refractivity contribution < 1.29 is 22.4 Å². The molecule has 0 amide bonds. The van der Waals surface area contributed by atoms with Crippen LogP contribution in [-0.2, 0) is 19.0 Å². The van der Waals surface area contributed by atoms with E-state index in [-0.39, 0.29) is 24.0 Å². The van der Waals surface area contributed by atoms with Gasteiger partial charge in [-0.25, -0.2) is 4.99 Å². The Morgan fingerprint density at radius 3 is 2.58 bits per heavy atom. The highest BCUT2D eigenvalue weighted by Gasteiger charge is 2.39. The number of nitrogens with zero attached hydrogens (tertiary/aromatic N) is 1. The Labute approximate surface area is 157 Å². The Balaban J connectivity index is 1.79. The summed E-state index contributed by atoms with van der Waals surface area (Å²) in [5.41, 5.74) is 0.312. The van der Waals surface area contributed by atoms with Crippen LogP contribution in [0.5, 0.6) is 0 Å². The summed E-state index contributed by atoms with van der Waals surface area (Å²) in [5.74, 6) is 0.251. The molecule has 2 aromatic carbocycles. The Hall–Kier alpha value is -1.93. The van der Waals surface area contributed by atoms with E-state index in [1.165, 1.54) is 12.1 Å². The molecular formula is C18H18ClNO5S. The molecule has 1 aliphatic rings. The number of aliphatic imine (C=N–C) groups is 1. The Kier molecular flexibility index (Phi) is 5.34. The van der Waals surface area contributed by atoms with Gasteiger partial charge in [0.2, 0.25) is 5.90 Å². The maximum atomic E-state index is 12.3. The van der Waals surface area contributed by atoms with Gasteiger partial charge in [0.05, 0.1) is 28.7 Å². The molecule has 1 heterocycles. The number of benzene rings is 2. The Bertz CT molecular complexity index is 927. The highest BCUT2D eigenvalue weighted by Crippen LogP contribution is 2.27. The highest BCUT2D eigenvalue weighted by atomic mass is 35.5. The summed E-state index contributed by atoms with van der Waals surface area (Å²) in [6.45, 7) is 1.09. The maximum Gasteiger partial charge on any atom is 0.297 e. The molecule has 138 valence electrons. The van der Waals surface area contributed by atoms with Gasteiger partial charge >= 0.3 is 0 Å². The van der Waals surface area contributed by atoms with Crippen molar-refractivity contribution in [1.82, 2.24) is 0 Å². The fraction of sp³-hybridized carbons (Fsp3) is 0.278. The number of rotatable bonds is 6. The van der Waals surface area contributed by atoms with E-state index in [0.29, 0.717) is 10.6 Å². The largest absolute Gasteiger partial charge is 0.475 e. The third-order valence-electron chi connectivity index (χ3n) is 4.01. The van der Waals surface area contributed by atoms with Crippen molar-refractivity contribution in [3.05, 3.63) is 64.7 Å². The number of aliphatic hydroxyl groups is 1. The van der Waals surface area contributed by atoms with E-state index in [1.807, 2.05) is 6.92 Å². The lowest BCUT2D eigenvalue weighted by atomic mass is 10.1. The molecule has 1 N–H and O–H groups in total.